The number of hydrogen-bond acceptors (Lipinski definition) is 3. The molecule has 7 heteroatoms. The van der Waals surface area contributed by atoms with Crippen LogP contribution >= 0.6 is 11.6 Å². The topological polar surface area (TPSA) is 64.0 Å². The fraction of sp³-hybridized carbons (Fsp3) is 0.211. The van der Waals surface area contributed by atoms with E-state index in [1.54, 1.807) is 35.1 Å². The SMILES string of the molecule is CC(C)n1cc(S(=O)(=O)NCc2ccc(Cl)cc2)c(-c2ccccc2)n1. The van der Waals surface area contributed by atoms with Gasteiger partial charge in [0.05, 0.1) is 0 Å². The summed E-state index contributed by atoms with van der Waals surface area (Å²) in [5, 5.41) is 5.11. The summed E-state index contributed by atoms with van der Waals surface area (Å²) in [6.07, 6.45) is 1.58. The number of nitrogens with one attached hydrogen (secondary N) is 1. The zero-order valence-corrected chi connectivity index (χ0v) is 16.1. The first-order valence-corrected chi connectivity index (χ1v) is 10.1. The van der Waals surface area contributed by atoms with Crippen molar-refractivity contribution in [2.24, 2.45) is 0 Å². The van der Waals surface area contributed by atoms with Crippen molar-refractivity contribution in [3.05, 3.63) is 71.4 Å². The minimum atomic E-state index is -3.73. The molecule has 0 saturated carbocycles. The van der Waals surface area contributed by atoms with Crippen molar-refractivity contribution < 1.29 is 8.42 Å². The molecule has 5 nitrogen and oxygen atoms in total. The second-order valence-electron chi connectivity index (χ2n) is 6.23. The van der Waals surface area contributed by atoms with Crippen LogP contribution < -0.4 is 4.72 Å². The third kappa shape index (κ3) is 4.15. The first kappa shape index (κ1) is 18.6. The molecular weight excluding hydrogens is 370 g/mol. The number of sulfonamides is 1. The van der Waals surface area contributed by atoms with Gasteiger partial charge in [0.1, 0.15) is 10.6 Å². The van der Waals surface area contributed by atoms with Gasteiger partial charge in [0, 0.05) is 29.4 Å². The summed E-state index contributed by atoms with van der Waals surface area (Å²) in [7, 11) is -3.73. The quantitative estimate of drug-likeness (QED) is 0.684. The van der Waals surface area contributed by atoms with Crippen LogP contribution in [0.5, 0.6) is 0 Å². The second kappa shape index (κ2) is 7.61. The molecule has 0 fully saturated rings. The molecule has 0 aliphatic heterocycles. The van der Waals surface area contributed by atoms with Gasteiger partial charge >= 0.3 is 0 Å². The number of hydrogen-bond donors (Lipinski definition) is 1. The van der Waals surface area contributed by atoms with Gasteiger partial charge in [-0.2, -0.15) is 5.10 Å². The number of rotatable bonds is 6. The lowest BCUT2D eigenvalue weighted by atomic mass is 10.2. The summed E-state index contributed by atoms with van der Waals surface area (Å²) >= 11 is 5.87. The average molecular weight is 390 g/mol. The Hall–Kier alpha value is -2.15. The highest BCUT2D eigenvalue weighted by atomic mass is 35.5. The van der Waals surface area contributed by atoms with Gasteiger partial charge in [-0.15, -0.1) is 0 Å². The van der Waals surface area contributed by atoms with Crippen LogP contribution in [0.3, 0.4) is 0 Å². The van der Waals surface area contributed by atoms with E-state index in [0.29, 0.717) is 10.7 Å². The molecule has 26 heavy (non-hydrogen) atoms. The average Bonchev–Trinajstić information content (AvgIpc) is 3.09. The Morgan fingerprint density at radius 3 is 2.35 bits per heavy atom. The van der Waals surface area contributed by atoms with Gasteiger partial charge < -0.3 is 0 Å². The Morgan fingerprint density at radius 1 is 1.08 bits per heavy atom. The fourth-order valence-corrected chi connectivity index (χ4v) is 3.79. The maximum Gasteiger partial charge on any atom is 0.244 e. The summed E-state index contributed by atoms with van der Waals surface area (Å²) in [4.78, 5) is 0.173. The van der Waals surface area contributed by atoms with Crippen molar-refractivity contribution >= 4 is 21.6 Å². The van der Waals surface area contributed by atoms with E-state index in [0.717, 1.165) is 11.1 Å². The smallest absolute Gasteiger partial charge is 0.244 e. The molecular formula is C19H20ClN3O2S. The van der Waals surface area contributed by atoms with E-state index >= 15 is 0 Å². The van der Waals surface area contributed by atoms with E-state index in [2.05, 4.69) is 9.82 Å². The minimum absolute atomic E-state index is 0.0534. The van der Waals surface area contributed by atoms with Crippen LogP contribution in [0.1, 0.15) is 25.5 Å². The Bertz CT molecular complexity index is 981. The third-order valence-corrected chi connectivity index (χ3v) is 5.60. The second-order valence-corrected chi connectivity index (χ2v) is 8.40. The molecule has 0 atom stereocenters. The molecule has 0 spiro atoms. The van der Waals surface area contributed by atoms with Crippen LogP contribution in [0.2, 0.25) is 5.02 Å². The van der Waals surface area contributed by atoms with Gasteiger partial charge in [-0.25, -0.2) is 13.1 Å². The third-order valence-electron chi connectivity index (χ3n) is 3.94. The van der Waals surface area contributed by atoms with Gasteiger partial charge in [0.2, 0.25) is 10.0 Å². The highest BCUT2D eigenvalue weighted by molar-refractivity contribution is 7.89. The van der Waals surface area contributed by atoms with E-state index < -0.39 is 10.0 Å². The first-order valence-electron chi connectivity index (χ1n) is 8.25. The van der Waals surface area contributed by atoms with Crippen LogP contribution in [-0.2, 0) is 16.6 Å². The molecule has 3 rings (SSSR count). The van der Waals surface area contributed by atoms with Gasteiger partial charge in [0.25, 0.3) is 0 Å². The molecule has 1 aromatic heterocycles. The number of halogens is 1. The standard InChI is InChI=1S/C19H20ClN3O2S/c1-14(2)23-13-18(19(22-23)16-6-4-3-5-7-16)26(24,25)21-12-15-8-10-17(20)11-9-15/h3-11,13-14,21H,12H2,1-2H3. The predicted octanol–water partition coefficient (Wildman–Crippen LogP) is 4.26. The summed E-state index contributed by atoms with van der Waals surface area (Å²) in [6.45, 7) is 4.10. The van der Waals surface area contributed by atoms with Gasteiger partial charge in [-0.1, -0.05) is 54.1 Å². The number of benzene rings is 2. The molecule has 2 aromatic carbocycles. The summed E-state index contributed by atoms with van der Waals surface area (Å²) < 4.78 is 30.1. The maximum atomic E-state index is 12.9. The zero-order valence-electron chi connectivity index (χ0n) is 14.6. The highest BCUT2D eigenvalue weighted by Crippen LogP contribution is 2.27. The molecule has 0 radical (unpaired) electrons. The van der Waals surface area contributed by atoms with Crippen molar-refractivity contribution in [2.45, 2.75) is 31.3 Å². The molecule has 0 amide bonds. The molecule has 0 bridgehead atoms. The van der Waals surface area contributed by atoms with Crippen molar-refractivity contribution in [1.82, 2.24) is 14.5 Å². The van der Waals surface area contributed by atoms with Crippen LogP contribution in [0.25, 0.3) is 11.3 Å². The Kier molecular flexibility index (Phi) is 5.46. The summed E-state index contributed by atoms with van der Waals surface area (Å²) in [6, 6.07) is 16.4. The van der Waals surface area contributed by atoms with Crippen molar-refractivity contribution in [2.75, 3.05) is 0 Å². The molecule has 0 unspecified atom stereocenters. The molecule has 1 heterocycles. The number of nitrogens with zero attached hydrogens (tertiary/aromatic N) is 2. The molecule has 1 N–H and O–H groups in total. The maximum absolute atomic E-state index is 12.9. The van der Waals surface area contributed by atoms with E-state index in [9.17, 15) is 8.42 Å². The van der Waals surface area contributed by atoms with Crippen LogP contribution in [0, 0.1) is 0 Å². The lowest BCUT2D eigenvalue weighted by Crippen LogP contribution is -2.23. The van der Waals surface area contributed by atoms with E-state index in [1.807, 2.05) is 44.2 Å². The monoisotopic (exact) mass is 389 g/mol. The van der Waals surface area contributed by atoms with Crippen molar-refractivity contribution in [1.29, 1.82) is 0 Å². The Morgan fingerprint density at radius 2 is 1.73 bits per heavy atom. The minimum Gasteiger partial charge on any atom is -0.268 e. The largest absolute Gasteiger partial charge is 0.268 e. The molecule has 0 aliphatic rings. The van der Waals surface area contributed by atoms with Crippen LogP contribution in [0.4, 0.5) is 0 Å². The van der Waals surface area contributed by atoms with E-state index in [-0.39, 0.29) is 17.5 Å². The van der Waals surface area contributed by atoms with Gasteiger partial charge in [-0.05, 0) is 31.5 Å². The normalized spacial score (nSPS) is 11.8. The van der Waals surface area contributed by atoms with Crippen molar-refractivity contribution in [3.63, 3.8) is 0 Å². The van der Waals surface area contributed by atoms with E-state index in [4.69, 9.17) is 11.6 Å². The van der Waals surface area contributed by atoms with E-state index in [1.165, 1.54) is 0 Å². The number of aromatic nitrogens is 2. The Labute approximate surface area is 158 Å². The lowest BCUT2D eigenvalue weighted by molar-refractivity contribution is 0.532. The molecule has 0 aliphatic carbocycles. The first-order chi connectivity index (χ1) is 12.4. The lowest BCUT2D eigenvalue weighted by Gasteiger charge is -2.07. The molecule has 3 aromatic rings. The molecule has 136 valence electrons. The fourth-order valence-electron chi connectivity index (χ4n) is 2.49. The van der Waals surface area contributed by atoms with Crippen LogP contribution in [-0.4, -0.2) is 18.2 Å². The summed E-state index contributed by atoms with van der Waals surface area (Å²) in [5.41, 5.74) is 2.04. The van der Waals surface area contributed by atoms with Crippen molar-refractivity contribution in [3.8, 4) is 11.3 Å². The van der Waals surface area contributed by atoms with Gasteiger partial charge in [0.15, 0.2) is 0 Å². The van der Waals surface area contributed by atoms with Crippen LogP contribution in [0.15, 0.2) is 65.7 Å². The predicted molar refractivity (Wildman–Crippen MR) is 104 cm³/mol. The highest BCUT2D eigenvalue weighted by Gasteiger charge is 2.24. The van der Waals surface area contributed by atoms with Gasteiger partial charge in [-0.3, -0.25) is 4.68 Å². The summed E-state index contributed by atoms with van der Waals surface area (Å²) in [5.74, 6) is 0. The molecule has 0 saturated heterocycles. The Balaban J connectivity index is 1.94. The zero-order chi connectivity index (χ0) is 18.7.